The predicted molar refractivity (Wildman–Crippen MR) is 39.5 cm³/mol. The van der Waals surface area contributed by atoms with E-state index in [9.17, 15) is 0 Å². The molecule has 0 heterocycles. The highest BCUT2D eigenvalue weighted by atomic mass is 14.5. The van der Waals surface area contributed by atoms with Crippen LogP contribution >= 0.6 is 0 Å². The fraction of sp³-hybridized carbons (Fsp3) is 1.00. The number of hydrogen-bond acceptors (Lipinski definition) is 1. The van der Waals surface area contributed by atoms with Crippen molar-refractivity contribution in [3.63, 3.8) is 0 Å². The van der Waals surface area contributed by atoms with E-state index in [-0.39, 0.29) is 14.9 Å². The van der Waals surface area contributed by atoms with Gasteiger partial charge in [0, 0.05) is 0 Å². The third kappa shape index (κ3) is 58400. The molecule has 0 aliphatic heterocycles. The van der Waals surface area contributed by atoms with E-state index in [1.807, 2.05) is 20.8 Å². The topological polar surface area (TPSA) is 26.0 Å². The molecule has 0 radical (unpaired) electrons. The van der Waals surface area contributed by atoms with Crippen LogP contribution in [0, 0.1) is 0 Å². The summed E-state index contributed by atoms with van der Waals surface area (Å²) in [4.78, 5) is 0. The Labute approximate surface area is 48.9 Å². The Bertz CT molecular complexity index is 4.14. The zero-order chi connectivity index (χ0) is 4.71. The molecule has 0 fully saturated rings. The minimum absolute atomic E-state index is 0. The monoisotopic (exact) mass is 107 g/mol. The lowest BCUT2D eigenvalue weighted by molar-refractivity contribution is 1.14. The largest absolute Gasteiger partial charge is 0.331 e. The Morgan fingerprint density at radius 1 is 1.14 bits per heavy atom. The maximum atomic E-state index is 4.85. The second-order valence-corrected chi connectivity index (χ2v) is 0.408. The van der Waals surface area contributed by atoms with Gasteiger partial charge in [-0.3, -0.25) is 0 Å². The summed E-state index contributed by atoms with van der Waals surface area (Å²) in [6, 6.07) is 0. The molecule has 0 aromatic rings. The van der Waals surface area contributed by atoms with Crippen LogP contribution < -0.4 is 5.73 Å². The van der Waals surface area contributed by atoms with Crippen LogP contribution in [0.25, 0.3) is 0 Å². The molecule has 0 aromatic heterocycles. The standard InChI is InChI=1S/C2H7N.C2H6.2CH4/c1-2-3;1-2;;/h2-3H2,1H3;1-2H3;2*1H4. The molecule has 0 spiro atoms. The molecule has 0 amide bonds. The zero-order valence-electron chi connectivity index (χ0n) is 4.28. The molecule has 0 saturated heterocycles. The first-order valence-corrected chi connectivity index (χ1v) is 2.12. The van der Waals surface area contributed by atoms with E-state index in [4.69, 9.17) is 5.73 Å². The number of nitrogens with two attached hydrogens (primary N) is 1. The Morgan fingerprint density at radius 2 is 1.14 bits per heavy atom. The Balaban J connectivity index is -0.0000000105. The summed E-state index contributed by atoms with van der Waals surface area (Å²) in [6.45, 7) is 6.65. The minimum atomic E-state index is 0. The van der Waals surface area contributed by atoms with Gasteiger partial charge in [-0.05, 0) is 6.54 Å². The van der Waals surface area contributed by atoms with Gasteiger partial charge in [0.1, 0.15) is 0 Å². The van der Waals surface area contributed by atoms with Crippen LogP contribution in [-0.4, -0.2) is 6.54 Å². The maximum Gasteiger partial charge on any atom is -0.0106 e. The first-order chi connectivity index (χ1) is 2.41. The minimum Gasteiger partial charge on any atom is -0.331 e. The van der Waals surface area contributed by atoms with Crippen molar-refractivity contribution in [3.05, 3.63) is 0 Å². The van der Waals surface area contributed by atoms with E-state index in [0.29, 0.717) is 0 Å². The Morgan fingerprint density at radius 3 is 1.14 bits per heavy atom. The molecule has 0 bridgehead atoms. The lowest BCUT2D eigenvalue weighted by Gasteiger charge is -1.53. The lowest BCUT2D eigenvalue weighted by Crippen LogP contribution is -1.87. The van der Waals surface area contributed by atoms with E-state index >= 15 is 0 Å². The summed E-state index contributed by atoms with van der Waals surface area (Å²) in [5.74, 6) is 0. The SMILES string of the molecule is C.C.CC.CCN. The highest BCUT2D eigenvalue weighted by Crippen LogP contribution is 1.20. The maximum absolute atomic E-state index is 4.85. The van der Waals surface area contributed by atoms with Crippen molar-refractivity contribution in [1.82, 2.24) is 0 Å². The van der Waals surface area contributed by atoms with Crippen LogP contribution in [-0.2, 0) is 0 Å². The second-order valence-electron chi connectivity index (χ2n) is 0.408. The fourth-order valence-corrected chi connectivity index (χ4v) is 0. The molecule has 0 aliphatic carbocycles. The normalized spacial score (nSPS) is 3.43. The van der Waals surface area contributed by atoms with Gasteiger partial charge in [0.05, 0.1) is 0 Å². The van der Waals surface area contributed by atoms with Crippen molar-refractivity contribution in [2.45, 2.75) is 35.6 Å². The smallest absolute Gasteiger partial charge is 0.0106 e. The molecular weight excluding hydrogens is 86.1 g/mol. The summed E-state index contributed by atoms with van der Waals surface area (Å²) in [6.07, 6.45) is 0. The molecule has 0 aliphatic rings. The van der Waals surface area contributed by atoms with Gasteiger partial charge >= 0.3 is 0 Å². The Hall–Kier alpha value is -0.0400. The summed E-state index contributed by atoms with van der Waals surface area (Å²) in [7, 11) is 0. The Kier molecular flexibility index (Phi) is 641. The molecule has 0 unspecified atom stereocenters. The zero-order valence-corrected chi connectivity index (χ0v) is 4.28. The molecule has 0 rings (SSSR count). The number of hydrogen-bond donors (Lipinski definition) is 1. The highest BCUT2D eigenvalue weighted by molar-refractivity contribution is 4.00. The van der Waals surface area contributed by atoms with Gasteiger partial charge in [0.25, 0.3) is 0 Å². The van der Waals surface area contributed by atoms with Gasteiger partial charge in [-0.1, -0.05) is 35.6 Å². The highest BCUT2D eigenvalue weighted by Gasteiger charge is 1.32. The van der Waals surface area contributed by atoms with Gasteiger partial charge in [-0.25, -0.2) is 0 Å². The van der Waals surface area contributed by atoms with E-state index in [1.54, 1.807) is 0 Å². The van der Waals surface area contributed by atoms with Crippen LogP contribution in [0.5, 0.6) is 0 Å². The molecule has 2 N–H and O–H groups in total. The third-order valence-electron chi connectivity index (χ3n) is 0. The van der Waals surface area contributed by atoms with Crippen LogP contribution in [0.4, 0.5) is 0 Å². The predicted octanol–water partition coefficient (Wildman–Crippen LogP) is 2.26. The van der Waals surface area contributed by atoms with Crippen LogP contribution in [0.2, 0.25) is 0 Å². The van der Waals surface area contributed by atoms with E-state index < -0.39 is 0 Å². The molecule has 0 aromatic carbocycles. The molecule has 50 valence electrons. The average molecular weight is 107 g/mol. The van der Waals surface area contributed by atoms with Gasteiger partial charge in [0.2, 0.25) is 0 Å². The third-order valence-corrected chi connectivity index (χ3v) is 0. The molecule has 1 heteroatoms. The van der Waals surface area contributed by atoms with Crippen molar-refractivity contribution in [1.29, 1.82) is 0 Å². The van der Waals surface area contributed by atoms with Crippen LogP contribution in [0.15, 0.2) is 0 Å². The van der Waals surface area contributed by atoms with Crippen LogP contribution in [0.3, 0.4) is 0 Å². The van der Waals surface area contributed by atoms with E-state index in [2.05, 4.69) is 0 Å². The van der Waals surface area contributed by atoms with Gasteiger partial charge in [0.15, 0.2) is 0 Å². The molecular formula is C6H21N. The molecule has 0 saturated carbocycles. The summed E-state index contributed by atoms with van der Waals surface area (Å²) in [5.41, 5.74) is 4.85. The van der Waals surface area contributed by atoms with Crippen LogP contribution in [0.1, 0.15) is 35.6 Å². The van der Waals surface area contributed by atoms with Crippen molar-refractivity contribution in [3.8, 4) is 0 Å². The first-order valence-electron chi connectivity index (χ1n) is 2.12. The van der Waals surface area contributed by atoms with Crippen molar-refractivity contribution in [2.75, 3.05) is 6.54 Å². The summed E-state index contributed by atoms with van der Waals surface area (Å²) >= 11 is 0. The average Bonchev–Trinajstić information content (AvgIpc) is 1.46. The van der Waals surface area contributed by atoms with Gasteiger partial charge in [-0.15, -0.1) is 0 Å². The van der Waals surface area contributed by atoms with Crippen molar-refractivity contribution < 1.29 is 0 Å². The van der Waals surface area contributed by atoms with Crippen molar-refractivity contribution >= 4 is 0 Å². The number of rotatable bonds is 0. The van der Waals surface area contributed by atoms with Gasteiger partial charge < -0.3 is 5.73 Å². The molecule has 0 atom stereocenters. The quantitative estimate of drug-likeness (QED) is 0.505. The van der Waals surface area contributed by atoms with E-state index in [1.165, 1.54) is 0 Å². The summed E-state index contributed by atoms with van der Waals surface area (Å²) in [5, 5.41) is 0. The fourth-order valence-electron chi connectivity index (χ4n) is 0. The lowest BCUT2D eigenvalue weighted by atomic mass is 10.8. The van der Waals surface area contributed by atoms with Gasteiger partial charge in [-0.2, -0.15) is 0 Å². The molecule has 1 nitrogen and oxygen atoms in total. The van der Waals surface area contributed by atoms with E-state index in [0.717, 1.165) is 6.54 Å². The first kappa shape index (κ1) is 28.2. The van der Waals surface area contributed by atoms with Crippen molar-refractivity contribution in [2.24, 2.45) is 5.73 Å². The second kappa shape index (κ2) is 159. The summed E-state index contributed by atoms with van der Waals surface area (Å²) < 4.78 is 0. The molecule has 7 heavy (non-hydrogen) atoms.